The molecule has 0 spiro atoms. The molecular weight excluding hydrogens is 753 g/mol. The first-order valence-electron chi connectivity index (χ1n) is 15.8. The van der Waals surface area contributed by atoms with Crippen molar-refractivity contribution in [2.45, 2.75) is 10.1 Å². The van der Waals surface area contributed by atoms with E-state index in [1.165, 1.54) is 47.4 Å². The molecule has 0 saturated carbocycles. The number of anilines is 2. The number of hydrogen-bond acceptors (Lipinski definition) is 8. The Kier molecular flexibility index (Phi) is 12.0. The maximum Gasteiger partial charge on any atom is 0.276 e. The van der Waals surface area contributed by atoms with Gasteiger partial charge in [-0.25, -0.2) is 4.98 Å². The average molecular weight is 781 g/mol. The third-order valence-corrected chi connectivity index (χ3v) is 10.2. The van der Waals surface area contributed by atoms with Crippen molar-refractivity contribution in [3.8, 4) is 11.3 Å². The normalized spacial score (nSPS) is 11.7. The van der Waals surface area contributed by atoms with Gasteiger partial charge in [-0.05, 0) is 72.3 Å². The van der Waals surface area contributed by atoms with Crippen molar-refractivity contribution in [1.29, 1.82) is 0 Å². The summed E-state index contributed by atoms with van der Waals surface area (Å²) in [6.07, 6.45) is 1.26. The van der Waals surface area contributed by atoms with E-state index in [-0.39, 0.29) is 22.9 Å². The van der Waals surface area contributed by atoms with Crippen molar-refractivity contribution in [2.24, 2.45) is 0 Å². The third kappa shape index (κ3) is 9.56. The summed E-state index contributed by atoms with van der Waals surface area (Å²) in [4.78, 5) is 56.7. The molecule has 6 aromatic rings. The first kappa shape index (κ1) is 37.0. The summed E-state index contributed by atoms with van der Waals surface area (Å²) in [6, 6.07) is 35.4. The lowest BCUT2D eigenvalue weighted by Gasteiger charge is -2.17. The molecule has 1 unspecified atom stereocenters. The first-order chi connectivity index (χ1) is 25.6. The van der Waals surface area contributed by atoms with E-state index < -0.39 is 22.0 Å². The molecule has 1 aromatic heterocycles. The highest BCUT2D eigenvalue weighted by Gasteiger charge is 2.24. The minimum Gasteiger partial charge on any atom is -0.321 e. The van der Waals surface area contributed by atoms with Gasteiger partial charge in [-0.2, -0.15) is 0 Å². The number of nitrogens with zero attached hydrogens (tertiary/aromatic N) is 2. The van der Waals surface area contributed by atoms with E-state index in [1.807, 2.05) is 30.3 Å². The second-order valence-corrected chi connectivity index (χ2v) is 14.1. The predicted octanol–water partition coefficient (Wildman–Crippen LogP) is 9.91. The van der Waals surface area contributed by atoms with Gasteiger partial charge >= 0.3 is 0 Å². The number of nitro groups is 1. The molecule has 0 aliphatic carbocycles. The van der Waals surface area contributed by atoms with E-state index in [0.717, 1.165) is 10.5 Å². The van der Waals surface area contributed by atoms with E-state index in [0.29, 0.717) is 37.7 Å². The van der Waals surface area contributed by atoms with Crippen LogP contribution in [0.5, 0.6) is 0 Å². The quantitative estimate of drug-likeness (QED) is 0.0486. The van der Waals surface area contributed by atoms with Gasteiger partial charge in [-0.1, -0.05) is 83.9 Å². The molecule has 14 heteroatoms. The Balaban J connectivity index is 1.19. The van der Waals surface area contributed by atoms with E-state index in [9.17, 15) is 24.5 Å². The van der Waals surface area contributed by atoms with E-state index in [1.54, 1.807) is 84.2 Å². The Morgan fingerprint density at radius 2 is 1.51 bits per heavy atom. The lowest BCUT2D eigenvalue weighted by atomic mass is 10.1. The number of halogens is 2. The number of rotatable bonds is 12. The SMILES string of the molecule is O=C(Nc1ccc(SC(C(=O)Nc2nc(-c3ccc(Cl)cc3Cl)cs2)c2ccccc2)cc1)/C(=C/c1ccccc1[N+](=O)[O-])NC(=O)c1ccccc1. The number of carbonyl (C=O) groups is 3. The molecule has 53 heavy (non-hydrogen) atoms. The molecule has 5 aromatic carbocycles. The second kappa shape index (κ2) is 17.2. The third-order valence-electron chi connectivity index (χ3n) is 7.61. The van der Waals surface area contributed by atoms with Crippen molar-refractivity contribution in [1.82, 2.24) is 10.3 Å². The predicted molar refractivity (Wildman–Crippen MR) is 211 cm³/mol. The second-order valence-electron chi connectivity index (χ2n) is 11.2. The molecule has 6 rings (SSSR count). The molecule has 3 N–H and O–H groups in total. The van der Waals surface area contributed by atoms with Crippen LogP contribution in [-0.2, 0) is 9.59 Å². The maximum atomic E-state index is 13.7. The number of nitro benzene ring substituents is 1. The fraction of sp³-hybridized carbons (Fsp3) is 0.0256. The van der Waals surface area contributed by atoms with Gasteiger partial charge in [0, 0.05) is 38.2 Å². The number of nitrogens with one attached hydrogen (secondary N) is 3. The Morgan fingerprint density at radius 3 is 2.21 bits per heavy atom. The van der Waals surface area contributed by atoms with E-state index >= 15 is 0 Å². The van der Waals surface area contributed by atoms with Crippen LogP contribution in [0.15, 0.2) is 143 Å². The zero-order chi connectivity index (χ0) is 37.3. The molecule has 0 aliphatic heterocycles. The minimum atomic E-state index is -0.697. The number of amides is 3. The van der Waals surface area contributed by atoms with Crippen LogP contribution in [0.1, 0.15) is 26.7 Å². The van der Waals surface area contributed by atoms with Crippen LogP contribution < -0.4 is 16.0 Å². The number of para-hydroxylation sites is 1. The van der Waals surface area contributed by atoms with Crippen molar-refractivity contribution in [3.05, 3.63) is 175 Å². The molecule has 0 bridgehead atoms. The van der Waals surface area contributed by atoms with Crippen molar-refractivity contribution in [3.63, 3.8) is 0 Å². The highest BCUT2D eigenvalue weighted by Crippen LogP contribution is 2.38. The van der Waals surface area contributed by atoms with Crippen LogP contribution in [-0.4, -0.2) is 27.6 Å². The van der Waals surface area contributed by atoms with Crippen LogP contribution in [0, 0.1) is 10.1 Å². The summed E-state index contributed by atoms with van der Waals surface area (Å²) in [5, 5.41) is 22.4. The van der Waals surface area contributed by atoms with Gasteiger partial charge in [0.05, 0.1) is 21.2 Å². The highest BCUT2D eigenvalue weighted by atomic mass is 35.5. The number of aromatic nitrogens is 1. The van der Waals surface area contributed by atoms with E-state index in [2.05, 4.69) is 20.9 Å². The number of thiazole rings is 1. The summed E-state index contributed by atoms with van der Waals surface area (Å²) >= 11 is 15.0. The maximum absolute atomic E-state index is 13.7. The molecule has 0 saturated heterocycles. The van der Waals surface area contributed by atoms with Crippen molar-refractivity contribution < 1.29 is 19.3 Å². The Labute approximate surface area is 322 Å². The van der Waals surface area contributed by atoms with Crippen LogP contribution in [0.3, 0.4) is 0 Å². The van der Waals surface area contributed by atoms with Crippen molar-refractivity contribution >= 4 is 86.6 Å². The monoisotopic (exact) mass is 779 g/mol. The number of benzene rings is 5. The summed E-state index contributed by atoms with van der Waals surface area (Å²) in [5.41, 5.74) is 2.46. The van der Waals surface area contributed by atoms with Gasteiger partial charge in [0.1, 0.15) is 10.9 Å². The number of thioether (sulfide) groups is 1. The van der Waals surface area contributed by atoms with Crippen LogP contribution >= 0.6 is 46.3 Å². The smallest absolute Gasteiger partial charge is 0.276 e. The van der Waals surface area contributed by atoms with Crippen LogP contribution in [0.2, 0.25) is 10.0 Å². The lowest BCUT2D eigenvalue weighted by molar-refractivity contribution is -0.385. The van der Waals surface area contributed by atoms with Crippen LogP contribution in [0.25, 0.3) is 17.3 Å². The fourth-order valence-corrected chi connectivity index (χ4v) is 7.29. The highest BCUT2D eigenvalue weighted by molar-refractivity contribution is 8.00. The first-order valence-corrected chi connectivity index (χ1v) is 18.3. The fourth-order valence-electron chi connectivity index (χ4n) is 5.05. The molecule has 1 atom stereocenters. The molecule has 10 nitrogen and oxygen atoms in total. The van der Waals surface area contributed by atoms with Crippen molar-refractivity contribution in [2.75, 3.05) is 10.6 Å². The number of hydrogen-bond donors (Lipinski definition) is 3. The molecule has 0 aliphatic rings. The minimum absolute atomic E-state index is 0.135. The average Bonchev–Trinajstić information content (AvgIpc) is 3.62. The largest absolute Gasteiger partial charge is 0.321 e. The van der Waals surface area contributed by atoms with E-state index in [4.69, 9.17) is 23.2 Å². The molecule has 3 amide bonds. The summed E-state index contributed by atoms with van der Waals surface area (Å²) in [7, 11) is 0. The lowest BCUT2D eigenvalue weighted by Crippen LogP contribution is -2.30. The topological polar surface area (TPSA) is 143 Å². The summed E-state index contributed by atoms with van der Waals surface area (Å²) in [5.74, 6) is -1.55. The van der Waals surface area contributed by atoms with Gasteiger partial charge < -0.3 is 16.0 Å². The molecule has 0 fully saturated rings. The van der Waals surface area contributed by atoms with Gasteiger partial charge in [0.25, 0.3) is 17.5 Å². The Bertz CT molecular complexity index is 2320. The standard InChI is InChI=1S/C39H27Cl2N5O5S2/c40-27-15-20-30(31(41)22-27)33-23-52-39(44-33)45-38(49)35(24-9-3-1-4-10-24)53-29-18-16-28(17-19-29)42-37(48)32(43-36(47)25-11-5-2-6-12-25)21-26-13-7-8-14-34(26)46(50)51/h1-23,35H,(H,42,48)(H,43,47)(H,44,45,49)/b32-21-. The molecule has 264 valence electrons. The molecular formula is C39H27Cl2N5O5S2. The van der Waals surface area contributed by atoms with Gasteiger partial charge in [0.2, 0.25) is 5.91 Å². The zero-order valence-corrected chi connectivity index (χ0v) is 30.5. The number of carbonyl (C=O) groups excluding carboxylic acids is 3. The summed E-state index contributed by atoms with van der Waals surface area (Å²) < 4.78 is 0. The molecule has 0 radical (unpaired) electrons. The summed E-state index contributed by atoms with van der Waals surface area (Å²) in [6.45, 7) is 0. The Morgan fingerprint density at radius 1 is 0.830 bits per heavy atom. The van der Waals surface area contributed by atoms with Gasteiger partial charge in [-0.3, -0.25) is 24.5 Å². The zero-order valence-electron chi connectivity index (χ0n) is 27.4. The Hall–Kier alpha value is -5.79. The van der Waals surface area contributed by atoms with Crippen LogP contribution in [0.4, 0.5) is 16.5 Å². The molecule has 1 heterocycles. The van der Waals surface area contributed by atoms with Gasteiger partial charge in [0.15, 0.2) is 5.13 Å². The van der Waals surface area contributed by atoms with Gasteiger partial charge in [-0.15, -0.1) is 23.1 Å².